The van der Waals surface area contributed by atoms with Crippen molar-refractivity contribution in [2.45, 2.75) is 32.6 Å². The molecule has 1 amide bonds. The highest BCUT2D eigenvalue weighted by molar-refractivity contribution is 7.17. The Balaban J connectivity index is 1.61. The molecule has 2 bridgehead atoms. The number of carbonyl (C=O) groups excluding carboxylic acids is 2. The molecule has 0 saturated heterocycles. The van der Waals surface area contributed by atoms with Crippen LogP contribution in [0.25, 0.3) is 0 Å². The van der Waals surface area contributed by atoms with Gasteiger partial charge in [0.05, 0.1) is 24.0 Å². The number of thiophene rings is 1. The van der Waals surface area contributed by atoms with Crippen LogP contribution in [0.1, 0.15) is 40.6 Å². The van der Waals surface area contributed by atoms with E-state index in [4.69, 9.17) is 4.74 Å². The van der Waals surface area contributed by atoms with Crippen LogP contribution in [0.2, 0.25) is 0 Å². The van der Waals surface area contributed by atoms with Crippen molar-refractivity contribution in [1.82, 2.24) is 0 Å². The Morgan fingerprint density at radius 2 is 1.96 bits per heavy atom. The van der Waals surface area contributed by atoms with Crippen LogP contribution >= 0.6 is 11.3 Å². The van der Waals surface area contributed by atoms with Crippen LogP contribution in [0.5, 0.6) is 0 Å². The number of allylic oxidation sites excluding steroid dienone is 2. The molecule has 1 aromatic rings. The van der Waals surface area contributed by atoms with Gasteiger partial charge in [0.1, 0.15) is 5.00 Å². The Bertz CT molecular complexity index is 811. The molecule has 4 rings (SSSR count). The van der Waals surface area contributed by atoms with E-state index in [9.17, 15) is 19.5 Å². The quantitative estimate of drug-likeness (QED) is 0.610. The fraction of sp³-hybridized carbons (Fsp3) is 0.526. The van der Waals surface area contributed by atoms with E-state index in [1.54, 1.807) is 6.92 Å². The molecule has 1 aromatic heterocycles. The highest BCUT2D eigenvalue weighted by atomic mass is 32.1. The zero-order valence-electron chi connectivity index (χ0n) is 14.5. The van der Waals surface area contributed by atoms with Crippen LogP contribution in [-0.4, -0.2) is 29.6 Å². The molecule has 1 saturated carbocycles. The zero-order valence-corrected chi connectivity index (χ0v) is 15.3. The minimum Gasteiger partial charge on any atom is -0.481 e. The van der Waals surface area contributed by atoms with Gasteiger partial charge in [0.2, 0.25) is 5.91 Å². The van der Waals surface area contributed by atoms with Gasteiger partial charge >= 0.3 is 11.9 Å². The molecule has 2 N–H and O–H groups in total. The van der Waals surface area contributed by atoms with Gasteiger partial charge < -0.3 is 15.2 Å². The van der Waals surface area contributed by atoms with Crippen molar-refractivity contribution in [3.05, 3.63) is 28.2 Å². The van der Waals surface area contributed by atoms with E-state index in [-0.39, 0.29) is 24.3 Å². The van der Waals surface area contributed by atoms with Crippen molar-refractivity contribution < 1.29 is 24.2 Å². The smallest absolute Gasteiger partial charge is 0.341 e. The first-order valence-electron chi connectivity index (χ1n) is 9.05. The fourth-order valence-electron chi connectivity index (χ4n) is 4.62. The predicted octanol–water partition coefficient (Wildman–Crippen LogP) is 2.87. The van der Waals surface area contributed by atoms with Crippen molar-refractivity contribution >= 4 is 34.2 Å². The van der Waals surface area contributed by atoms with Gasteiger partial charge in [-0.05, 0) is 50.0 Å². The van der Waals surface area contributed by atoms with Gasteiger partial charge in [0.25, 0.3) is 0 Å². The lowest BCUT2D eigenvalue weighted by Crippen LogP contribution is -2.36. The number of amides is 1. The third kappa shape index (κ3) is 2.65. The molecule has 4 atom stereocenters. The fourth-order valence-corrected chi connectivity index (χ4v) is 5.90. The van der Waals surface area contributed by atoms with Crippen molar-refractivity contribution in [2.75, 3.05) is 11.9 Å². The first-order chi connectivity index (χ1) is 12.5. The maximum Gasteiger partial charge on any atom is 0.341 e. The second-order valence-electron chi connectivity index (χ2n) is 7.11. The minimum atomic E-state index is -0.929. The van der Waals surface area contributed by atoms with Crippen LogP contribution in [0, 0.1) is 23.7 Å². The molecule has 7 heteroatoms. The van der Waals surface area contributed by atoms with E-state index in [1.807, 2.05) is 12.2 Å². The predicted molar refractivity (Wildman–Crippen MR) is 96.3 cm³/mol. The number of rotatable bonds is 5. The van der Waals surface area contributed by atoms with E-state index >= 15 is 0 Å². The zero-order chi connectivity index (χ0) is 18.4. The summed E-state index contributed by atoms with van der Waals surface area (Å²) in [5.74, 6) is -3.05. The Labute approximate surface area is 155 Å². The molecule has 6 nitrogen and oxygen atoms in total. The molecular formula is C19H21NO5S. The summed E-state index contributed by atoms with van der Waals surface area (Å²) < 4.78 is 5.18. The topological polar surface area (TPSA) is 92.7 Å². The van der Waals surface area contributed by atoms with Crippen molar-refractivity contribution in [3.8, 4) is 0 Å². The summed E-state index contributed by atoms with van der Waals surface area (Å²) >= 11 is 1.42. The average Bonchev–Trinajstić information content (AvgIpc) is 3.33. The molecule has 138 valence electrons. The van der Waals surface area contributed by atoms with Gasteiger partial charge in [-0.2, -0.15) is 0 Å². The number of hydrogen-bond donors (Lipinski definition) is 2. The number of fused-ring (bicyclic) bond motifs is 3. The third-order valence-electron chi connectivity index (χ3n) is 5.68. The van der Waals surface area contributed by atoms with Gasteiger partial charge in [0.15, 0.2) is 0 Å². The maximum atomic E-state index is 12.9. The van der Waals surface area contributed by atoms with Crippen LogP contribution in [0.3, 0.4) is 0 Å². The molecule has 0 spiro atoms. The summed E-state index contributed by atoms with van der Waals surface area (Å²) in [6, 6.07) is 0. The van der Waals surface area contributed by atoms with Gasteiger partial charge in [-0.3, -0.25) is 9.59 Å². The summed E-state index contributed by atoms with van der Waals surface area (Å²) in [4.78, 5) is 38.1. The minimum absolute atomic E-state index is 0.0426. The lowest BCUT2D eigenvalue weighted by Gasteiger charge is -2.23. The number of aryl methyl sites for hydroxylation is 1. The van der Waals surface area contributed by atoms with E-state index in [0.29, 0.717) is 17.0 Å². The Hall–Kier alpha value is -2.15. The summed E-state index contributed by atoms with van der Waals surface area (Å²) in [5, 5.41) is 12.9. The maximum absolute atomic E-state index is 12.9. The molecule has 0 radical (unpaired) electrons. The van der Waals surface area contributed by atoms with Gasteiger partial charge in [-0.25, -0.2) is 4.79 Å². The molecule has 1 heterocycles. The number of anilines is 1. The highest BCUT2D eigenvalue weighted by Gasteiger charge is 2.51. The number of ether oxygens (including phenoxy) is 1. The molecule has 0 unspecified atom stereocenters. The molecule has 0 aromatic carbocycles. The number of carboxylic acid groups (broad SMARTS) is 1. The number of carbonyl (C=O) groups is 3. The third-order valence-corrected chi connectivity index (χ3v) is 6.89. The summed E-state index contributed by atoms with van der Waals surface area (Å²) in [6.45, 7) is 2.02. The van der Waals surface area contributed by atoms with Crippen molar-refractivity contribution in [1.29, 1.82) is 0 Å². The van der Waals surface area contributed by atoms with E-state index in [0.717, 1.165) is 29.7 Å². The monoisotopic (exact) mass is 375 g/mol. The normalized spacial score (nSPS) is 28.2. The molecular weight excluding hydrogens is 354 g/mol. The molecule has 0 aliphatic heterocycles. The summed E-state index contributed by atoms with van der Waals surface area (Å²) in [6.07, 6.45) is 7.29. The van der Waals surface area contributed by atoms with Crippen LogP contribution in [0.4, 0.5) is 5.00 Å². The number of carboxylic acids is 1. The van der Waals surface area contributed by atoms with Crippen LogP contribution in [0.15, 0.2) is 12.2 Å². The number of nitrogens with one attached hydrogen (secondary N) is 1. The lowest BCUT2D eigenvalue weighted by atomic mass is 9.82. The number of esters is 1. The van der Waals surface area contributed by atoms with Crippen LogP contribution < -0.4 is 5.32 Å². The largest absolute Gasteiger partial charge is 0.481 e. The van der Waals surface area contributed by atoms with E-state index in [2.05, 4.69) is 5.32 Å². The Morgan fingerprint density at radius 1 is 1.23 bits per heavy atom. The van der Waals surface area contributed by atoms with Crippen molar-refractivity contribution in [3.63, 3.8) is 0 Å². The second kappa shape index (κ2) is 6.54. The Kier molecular flexibility index (Phi) is 4.34. The highest BCUT2D eigenvalue weighted by Crippen LogP contribution is 2.49. The van der Waals surface area contributed by atoms with Gasteiger partial charge in [0, 0.05) is 4.88 Å². The second-order valence-corrected chi connectivity index (χ2v) is 8.21. The van der Waals surface area contributed by atoms with Crippen molar-refractivity contribution in [2.24, 2.45) is 23.7 Å². The van der Waals surface area contributed by atoms with Gasteiger partial charge in [-0.1, -0.05) is 12.2 Å². The lowest BCUT2D eigenvalue weighted by molar-refractivity contribution is -0.146. The van der Waals surface area contributed by atoms with Gasteiger partial charge in [-0.15, -0.1) is 11.3 Å². The number of hydrogen-bond acceptors (Lipinski definition) is 5. The number of aliphatic carboxylic acids is 1. The van der Waals surface area contributed by atoms with Crippen LogP contribution in [-0.2, 0) is 27.2 Å². The summed E-state index contributed by atoms with van der Waals surface area (Å²) in [7, 11) is 0. The van der Waals surface area contributed by atoms with E-state index in [1.165, 1.54) is 11.3 Å². The standard InChI is InChI=1S/C19H21NO5S/c1-2-25-19(24)15-11-4-3-5-12(11)26-17(15)20-16(21)13-9-6-7-10(8-9)14(13)18(22)23/h6-7,9-10,13-14H,2-5,8H2,1H3,(H,20,21)(H,22,23)/t9-,10+,13-,14+/m1/s1. The average molecular weight is 375 g/mol. The SMILES string of the molecule is CCOC(=O)c1c(NC(=O)[C@H]2[C@@H](C(=O)O)[C@H]3C=C[C@@H]2C3)sc2c1CCC2. The first-order valence-corrected chi connectivity index (χ1v) is 9.86. The summed E-state index contributed by atoms with van der Waals surface area (Å²) in [5.41, 5.74) is 1.44. The Morgan fingerprint density at radius 3 is 2.65 bits per heavy atom. The molecule has 26 heavy (non-hydrogen) atoms. The van der Waals surface area contributed by atoms with E-state index < -0.39 is 23.8 Å². The first kappa shape index (κ1) is 17.3. The molecule has 1 fully saturated rings. The molecule has 3 aliphatic carbocycles. The molecule has 3 aliphatic rings.